The molecule has 0 atom stereocenters. The first-order chi connectivity index (χ1) is 13.4. The molecule has 0 saturated carbocycles. The largest absolute Gasteiger partial charge is 0.459 e. The number of amides is 2. The molecular formula is C20H15Cl2N3O3. The van der Waals surface area contributed by atoms with Gasteiger partial charge in [0, 0.05) is 10.7 Å². The fourth-order valence-corrected chi connectivity index (χ4v) is 2.85. The number of benzene rings is 2. The first-order valence-corrected chi connectivity index (χ1v) is 8.94. The van der Waals surface area contributed by atoms with Gasteiger partial charge in [0.15, 0.2) is 5.76 Å². The molecule has 2 N–H and O–H groups in total. The average molecular weight is 416 g/mol. The Labute approximate surface area is 171 Å². The summed E-state index contributed by atoms with van der Waals surface area (Å²) in [5.41, 5.74) is 4.57. The van der Waals surface area contributed by atoms with Gasteiger partial charge < -0.3 is 9.73 Å². The molecule has 0 spiro atoms. The molecule has 2 aromatic carbocycles. The number of carbonyl (C=O) groups is 2. The highest BCUT2D eigenvalue weighted by atomic mass is 35.5. The lowest BCUT2D eigenvalue weighted by molar-refractivity contribution is 0.0953. The number of nitrogens with one attached hydrogen (secondary N) is 2. The maximum absolute atomic E-state index is 12.2. The van der Waals surface area contributed by atoms with Gasteiger partial charge >= 0.3 is 0 Å². The minimum atomic E-state index is -0.455. The zero-order chi connectivity index (χ0) is 20.1. The number of furan rings is 1. The van der Waals surface area contributed by atoms with Gasteiger partial charge in [0.25, 0.3) is 11.8 Å². The lowest BCUT2D eigenvalue weighted by Crippen LogP contribution is -2.19. The second-order valence-electron chi connectivity index (χ2n) is 5.77. The van der Waals surface area contributed by atoms with Crippen molar-refractivity contribution >= 4 is 46.4 Å². The number of rotatable bonds is 5. The van der Waals surface area contributed by atoms with Gasteiger partial charge in [-0.15, -0.1) is 0 Å². The van der Waals surface area contributed by atoms with Crippen LogP contribution in [0, 0.1) is 0 Å². The number of hydrogen-bond acceptors (Lipinski definition) is 4. The molecule has 8 heteroatoms. The highest BCUT2D eigenvalue weighted by Crippen LogP contribution is 2.21. The number of hydrazone groups is 1. The number of nitrogens with zero attached hydrogens (tertiary/aromatic N) is 1. The van der Waals surface area contributed by atoms with Gasteiger partial charge in [-0.05, 0) is 55.0 Å². The normalized spacial score (nSPS) is 11.2. The molecule has 2 amide bonds. The van der Waals surface area contributed by atoms with E-state index in [1.54, 1.807) is 43.3 Å². The van der Waals surface area contributed by atoms with Crippen LogP contribution in [0.15, 0.2) is 70.4 Å². The molecule has 0 saturated heterocycles. The van der Waals surface area contributed by atoms with Crippen LogP contribution in [0.25, 0.3) is 0 Å². The molecule has 0 bridgehead atoms. The average Bonchev–Trinajstić information content (AvgIpc) is 3.21. The third-order valence-electron chi connectivity index (χ3n) is 3.78. The molecule has 0 aliphatic carbocycles. The lowest BCUT2D eigenvalue weighted by Gasteiger charge is -2.07. The standard InChI is InChI=1S/C20H15Cl2N3O3/c1-12(24-25-19(26)16-8-7-14(21)11-17(16)22)13-4-2-5-15(10-13)23-20(27)18-6-3-9-28-18/h2-11H,1H3,(H,23,27)(H,25,26)/b24-12-. The smallest absolute Gasteiger partial charge is 0.291 e. The molecule has 1 aromatic heterocycles. The van der Waals surface area contributed by atoms with Gasteiger partial charge in [-0.2, -0.15) is 5.10 Å². The molecule has 1 heterocycles. The third kappa shape index (κ3) is 4.79. The van der Waals surface area contributed by atoms with Gasteiger partial charge in [-0.3, -0.25) is 9.59 Å². The Morgan fingerprint density at radius 2 is 1.82 bits per heavy atom. The molecule has 142 valence electrons. The van der Waals surface area contributed by atoms with Gasteiger partial charge in [-0.1, -0.05) is 35.3 Å². The summed E-state index contributed by atoms with van der Waals surface area (Å²) in [6, 6.07) is 14.8. The van der Waals surface area contributed by atoms with Crippen molar-refractivity contribution in [1.29, 1.82) is 0 Å². The van der Waals surface area contributed by atoms with Crippen LogP contribution < -0.4 is 10.7 Å². The SMILES string of the molecule is C/C(=N/NC(=O)c1ccc(Cl)cc1Cl)c1cccc(NC(=O)c2ccco2)c1. The van der Waals surface area contributed by atoms with E-state index >= 15 is 0 Å². The van der Waals surface area contributed by atoms with Crippen LogP contribution in [0.2, 0.25) is 10.0 Å². The zero-order valence-electron chi connectivity index (χ0n) is 14.7. The molecule has 0 aliphatic heterocycles. The summed E-state index contributed by atoms with van der Waals surface area (Å²) in [4.78, 5) is 24.3. The topological polar surface area (TPSA) is 83.7 Å². The molecule has 3 aromatic rings. The van der Waals surface area contributed by atoms with E-state index in [1.807, 2.05) is 6.07 Å². The van der Waals surface area contributed by atoms with E-state index in [0.717, 1.165) is 5.56 Å². The van der Waals surface area contributed by atoms with Crippen molar-refractivity contribution < 1.29 is 14.0 Å². The molecule has 0 aliphatic rings. The van der Waals surface area contributed by atoms with Crippen LogP contribution >= 0.6 is 23.2 Å². The van der Waals surface area contributed by atoms with Crippen LogP contribution in [0.5, 0.6) is 0 Å². The van der Waals surface area contributed by atoms with Crippen molar-refractivity contribution in [3.05, 3.63) is 87.8 Å². The molecule has 28 heavy (non-hydrogen) atoms. The Morgan fingerprint density at radius 1 is 1.00 bits per heavy atom. The van der Waals surface area contributed by atoms with Crippen LogP contribution in [0.3, 0.4) is 0 Å². The van der Waals surface area contributed by atoms with Crippen molar-refractivity contribution in [2.75, 3.05) is 5.32 Å². The van der Waals surface area contributed by atoms with Crippen LogP contribution in [0.1, 0.15) is 33.4 Å². The van der Waals surface area contributed by atoms with E-state index in [2.05, 4.69) is 15.8 Å². The maximum Gasteiger partial charge on any atom is 0.291 e. The van der Waals surface area contributed by atoms with Crippen molar-refractivity contribution in [3.63, 3.8) is 0 Å². The first kappa shape index (κ1) is 19.7. The summed E-state index contributed by atoms with van der Waals surface area (Å²) in [6.45, 7) is 1.73. The molecule has 3 rings (SSSR count). The minimum absolute atomic E-state index is 0.211. The van der Waals surface area contributed by atoms with Gasteiger partial charge in [-0.25, -0.2) is 5.43 Å². The van der Waals surface area contributed by atoms with Crippen LogP contribution in [0.4, 0.5) is 5.69 Å². The predicted octanol–water partition coefficient (Wildman–Crippen LogP) is 4.99. The number of carbonyl (C=O) groups excluding carboxylic acids is 2. The fourth-order valence-electron chi connectivity index (χ4n) is 2.36. The third-order valence-corrected chi connectivity index (χ3v) is 4.33. The van der Waals surface area contributed by atoms with E-state index < -0.39 is 5.91 Å². The van der Waals surface area contributed by atoms with E-state index in [1.165, 1.54) is 18.4 Å². The Bertz CT molecular complexity index is 1050. The van der Waals surface area contributed by atoms with E-state index in [-0.39, 0.29) is 22.3 Å². The second kappa shape index (κ2) is 8.73. The second-order valence-corrected chi connectivity index (χ2v) is 6.62. The number of anilines is 1. The molecule has 0 radical (unpaired) electrons. The summed E-state index contributed by atoms with van der Waals surface area (Å²) < 4.78 is 5.07. The monoisotopic (exact) mass is 415 g/mol. The van der Waals surface area contributed by atoms with E-state index in [0.29, 0.717) is 16.4 Å². The highest BCUT2D eigenvalue weighted by Gasteiger charge is 2.11. The Kier molecular flexibility index (Phi) is 6.13. The molecular weight excluding hydrogens is 401 g/mol. The quantitative estimate of drug-likeness (QED) is 0.454. The predicted molar refractivity (Wildman–Crippen MR) is 109 cm³/mol. The Hall–Kier alpha value is -3.09. The van der Waals surface area contributed by atoms with Crippen molar-refractivity contribution in [2.45, 2.75) is 6.92 Å². The van der Waals surface area contributed by atoms with Gasteiger partial charge in [0.1, 0.15) is 0 Å². The Morgan fingerprint density at radius 3 is 2.54 bits per heavy atom. The fraction of sp³-hybridized carbons (Fsp3) is 0.0500. The van der Waals surface area contributed by atoms with Crippen LogP contribution in [-0.4, -0.2) is 17.5 Å². The van der Waals surface area contributed by atoms with Crippen molar-refractivity contribution in [2.24, 2.45) is 5.10 Å². The van der Waals surface area contributed by atoms with Crippen molar-refractivity contribution in [3.8, 4) is 0 Å². The van der Waals surface area contributed by atoms with Crippen LogP contribution in [-0.2, 0) is 0 Å². The summed E-state index contributed by atoms with van der Waals surface area (Å²) in [6.07, 6.45) is 1.43. The van der Waals surface area contributed by atoms with Gasteiger partial charge in [0.05, 0.1) is 22.6 Å². The van der Waals surface area contributed by atoms with E-state index in [9.17, 15) is 9.59 Å². The van der Waals surface area contributed by atoms with Crippen molar-refractivity contribution in [1.82, 2.24) is 5.43 Å². The summed E-state index contributed by atoms with van der Waals surface area (Å²) in [7, 11) is 0. The van der Waals surface area contributed by atoms with E-state index in [4.69, 9.17) is 27.6 Å². The number of hydrogen-bond donors (Lipinski definition) is 2. The zero-order valence-corrected chi connectivity index (χ0v) is 16.2. The Balaban J connectivity index is 1.70. The maximum atomic E-state index is 12.2. The van der Waals surface area contributed by atoms with Gasteiger partial charge in [0.2, 0.25) is 0 Å². The highest BCUT2D eigenvalue weighted by molar-refractivity contribution is 6.36. The minimum Gasteiger partial charge on any atom is -0.459 e. The summed E-state index contributed by atoms with van der Waals surface area (Å²) in [5.74, 6) is -0.603. The molecule has 6 nitrogen and oxygen atoms in total. The summed E-state index contributed by atoms with van der Waals surface area (Å²) >= 11 is 11.9. The summed E-state index contributed by atoms with van der Waals surface area (Å²) in [5, 5.41) is 7.51. The lowest BCUT2D eigenvalue weighted by atomic mass is 10.1. The number of halogens is 2. The molecule has 0 unspecified atom stereocenters. The first-order valence-electron chi connectivity index (χ1n) is 8.19. The molecule has 0 fully saturated rings.